The molecule has 41 heavy (non-hydrogen) atoms. The molecule has 1 saturated heterocycles. The van der Waals surface area contributed by atoms with Gasteiger partial charge in [-0.05, 0) is 29.2 Å². The Kier molecular flexibility index (Phi) is 10.8. The highest BCUT2D eigenvalue weighted by Gasteiger charge is 2.53. The molecule has 0 aliphatic carbocycles. The quantitative estimate of drug-likeness (QED) is 0.146. The molecule has 5 nitrogen and oxygen atoms in total. The molecule has 0 radical (unpaired) electrons. The molecule has 0 N–H and O–H groups in total. The molecule has 1 aliphatic heterocycles. The summed E-state index contributed by atoms with van der Waals surface area (Å²) in [7, 11) is 0. The van der Waals surface area contributed by atoms with Crippen molar-refractivity contribution >= 4 is 15.9 Å². The smallest absolute Gasteiger partial charge is 0.149 e. The minimum Gasteiger partial charge on any atom is -0.374 e. The minimum atomic E-state index is -0.837. The van der Waals surface area contributed by atoms with Crippen LogP contribution in [0.4, 0.5) is 0 Å². The summed E-state index contributed by atoms with van der Waals surface area (Å²) in [5, 5.41) is 0. The minimum absolute atomic E-state index is 0.339. The largest absolute Gasteiger partial charge is 0.374 e. The average Bonchev–Trinajstić information content (AvgIpc) is 3.01. The first kappa shape index (κ1) is 29.6. The molecule has 5 rings (SSSR count). The Bertz CT molecular complexity index is 1290. The highest BCUT2D eigenvalue weighted by molar-refractivity contribution is 9.10. The topological polar surface area (TPSA) is 46.2 Å². The number of alkyl halides is 1. The van der Waals surface area contributed by atoms with E-state index in [1.165, 1.54) is 0 Å². The number of halogens is 1. The molecule has 0 unspecified atom stereocenters. The van der Waals surface area contributed by atoms with Crippen LogP contribution in [0.3, 0.4) is 0 Å². The van der Waals surface area contributed by atoms with Gasteiger partial charge in [-0.15, -0.1) is 0 Å². The van der Waals surface area contributed by atoms with Crippen LogP contribution in [0.5, 0.6) is 0 Å². The molecular weight excluding hydrogens is 580 g/mol. The Morgan fingerprint density at radius 2 is 0.951 bits per heavy atom. The second kappa shape index (κ2) is 14.9. The van der Waals surface area contributed by atoms with Crippen LogP contribution < -0.4 is 0 Å². The van der Waals surface area contributed by atoms with Crippen LogP contribution in [-0.2, 0) is 50.1 Å². The third-order valence-corrected chi connectivity index (χ3v) is 7.75. The maximum atomic E-state index is 6.69. The number of rotatable bonds is 13. The van der Waals surface area contributed by atoms with Crippen molar-refractivity contribution in [1.29, 1.82) is 0 Å². The van der Waals surface area contributed by atoms with Gasteiger partial charge in [-0.25, -0.2) is 0 Å². The predicted molar refractivity (Wildman–Crippen MR) is 163 cm³/mol. The summed E-state index contributed by atoms with van der Waals surface area (Å²) < 4.78 is 31.9. The van der Waals surface area contributed by atoms with E-state index < -0.39 is 28.9 Å². The fourth-order valence-electron chi connectivity index (χ4n) is 5.03. The van der Waals surface area contributed by atoms with Gasteiger partial charge in [-0.1, -0.05) is 137 Å². The Morgan fingerprint density at radius 3 is 1.41 bits per heavy atom. The number of ether oxygens (including phenoxy) is 5. The molecule has 0 bridgehead atoms. The third kappa shape index (κ3) is 8.58. The first-order valence-electron chi connectivity index (χ1n) is 14.0. The van der Waals surface area contributed by atoms with Crippen molar-refractivity contribution in [3.8, 4) is 0 Å². The van der Waals surface area contributed by atoms with Gasteiger partial charge in [0, 0.05) is 0 Å². The van der Waals surface area contributed by atoms with Gasteiger partial charge in [-0.3, -0.25) is 0 Å². The van der Waals surface area contributed by atoms with E-state index in [9.17, 15) is 0 Å². The molecule has 0 aromatic heterocycles. The molecule has 6 heteroatoms. The zero-order chi connectivity index (χ0) is 28.3. The van der Waals surface area contributed by atoms with E-state index >= 15 is 0 Å². The summed E-state index contributed by atoms with van der Waals surface area (Å²) in [6.45, 7) is 4.06. The van der Waals surface area contributed by atoms with E-state index in [-0.39, 0.29) is 0 Å². The molecule has 1 fully saturated rings. The summed E-state index contributed by atoms with van der Waals surface area (Å²) in [6.07, 6.45) is -1.74. The van der Waals surface area contributed by atoms with Crippen LogP contribution in [0.1, 0.15) is 29.2 Å². The number of hydrogen-bond acceptors (Lipinski definition) is 5. The van der Waals surface area contributed by atoms with Crippen LogP contribution in [0.25, 0.3) is 0 Å². The standard InChI is InChI=1S/C35H37BrO5/c1-35(36)34(40-25-30-20-12-5-13-21-30)33(39-24-29-18-10-4-11-19-29)32(38-23-28-16-8-3-9-17-28)31(41-35)26-37-22-27-14-6-2-7-15-27/h2-21,31-34H,22-26H2,1H3/t31-,32-,33+,34-,35+/m1/s1. The second-order valence-electron chi connectivity index (χ2n) is 10.4. The number of hydrogen-bond donors (Lipinski definition) is 0. The van der Waals surface area contributed by atoms with Crippen LogP contribution in [0, 0.1) is 0 Å². The van der Waals surface area contributed by atoms with Crippen LogP contribution in [0.2, 0.25) is 0 Å². The molecule has 0 amide bonds. The molecule has 1 heterocycles. The zero-order valence-corrected chi connectivity index (χ0v) is 24.9. The van der Waals surface area contributed by atoms with Crippen molar-refractivity contribution in [3.05, 3.63) is 144 Å². The van der Waals surface area contributed by atoms with E-state index in [2.05, 4.69) is 64.5 Å². The summed E-state index contributed by atoms with van der Waals surface area (Å²) in [5.41, 5.74) is 4.34. The molecule has 5 atom stereocenters. The van der Waals surface area contributed by atoms with Crippen molar-refractivity contribution < 1.29 is 23.7 Å². The molecule has 214 valence electrons. The summed E-state index contributed by atoms with van der Waals surface area (Å²) in [4.78, 5) is 0. The molecule has 4 aromatic carbocycles. The van der Waals surface area contributed by atoms with Gasteiger partial charge >= 0.3 is 0 Å². The monoisotopic (exact) mass is 616 g/mol. The van der Waals surface area contributed by atoms with Crippen molar-refractivity contribution in [2.45, 2.75) is 62.3 Å². The molecule has 0 spiro atoms. The highest BCUT2D eigenvalue weighted by Crippen LogP contribution is 2.40. The summed E-state index contributed by atoms with van der Waals surface area (Å²) >= 11 is 3.86. The Hall–Kier alpha value is -2.84. The molecule has 4 aromatic rings. The van der Waals surface area contributed by atoms with E-state index in [1.807, 2.05) is 79.7 Å². The van der Waals surface area contributed by atoms with Gasteiger partial charge in [0.25, 0.3) is 0 Å². The van der Waals surface area contributed by atoms with Crippen LogP contribution >= 0.6 is 15.9 Å². The Balaban J connectivity index is 1.39. The van der Waals surface area contributed by atoms with E-state index in [1.54, 1.807) is 0 Å². The maximum absolute atomic E-state index is 6.69. The van der Waals surface area contributed by atoms with Gasteiger partial charge in [0.2, 0.25) is 0 Å². The maximum Gasteiger partial charge on any atom is 0.149 e. The fraction of sp³-hybridized carbons (Fsp3) is 0.314. The lowest BCUT2D eigenvalue weighted by atomic mass is 9.94. The summed E-state index contributed by atoms with van der Waals surface area (Å²) in [6, 6.07) is 40.6. The normalized spacial score (nSPS) is 24.2. The lowest BCUT2D eigenvalue weighted by Gasteiger charge is -2.49. The first-order valence-corrected chi connectivity index (χ1v) is 14.8. The fourth-order valence-corrected chi connectivity index (χ4v) is 5.66. The lowest BCUT2D eigenvalue weighted by Crippen LogP contribution is -2.64. The van der Waals surface area contributed by atoms with Gasteiger partial charge in [-0.2, -0.15) is 0 Å². The predicted octanol–water partition coefficient (Wildman–Crippen LogP) is 7.47. The first-order chi connectivity index (χ1) is 20.1. The highest BCUT2D eigenvalue weighted by atomic mass is 79.9. The van der Waals surface area contributed by atoms with Crippen molar-refractivity contribution in [1.82, 2.24) is 0 Å². The molecule has 0 saturated carbocycles. The van der Waals surface area contributed by atoms with Crippen LogP contribution in [-0.4, -0.2) is 35.5 Å². The number of benzene rings is 4. The Morgan fingerprint density at radius 1 is 0.561 bits per heavy atom. The zero-order valence-electron chi connectivity index (χ0n) is 23.3. The lowest BCUT2D eigenvalue weighted by molar-refractivity contribution is -0.277. The SMILES string of the molecule is C[C@]1(Br)O[C@H](COCc2ccccc2)[C@@H](OCc2ccccc2)[C@H](OCc2ccccc2)[C@H]1OCc1ccccc1. The van der Waals surface area contributed by atoms with Crippen molar-refractivity contribution in [3.63, 3.8) is 0 Å². The average molecular weight is 618 g/mol. The van der Waals surface area contributed by atoms with E-state index in [4.69, 9.17) is 23.7 Å². The van der Waals surface area contributed by atoms with Gasteiger partial charge in [0.05, 0.1) is 33.0 Å². The van der Waals surface area contributed by atoms with Gasteiger partial charge in [0.15, 0.2) is 0 Å². The van der Waals surface area contributed by atoms with Crippen LogP contribution in [0.15, 0.2) is 121 Å². The van der Waals surface area contributed by atoms with Gasteiger partial charge in [0.1, 0.15) is 28.9 Å². The van der Waals surface area contributed by atoms with Crippen molar-refractivity contribution in [2.75, 3.05) is 6.61 Å². The molecule has 1 aliphatic rings. The third-order valence-electron chi connectivity index (χ3n) is 7.12. The molecular formula is C35H37BrO5. The van der Waals surface area contributed by atoms with E-state index in [0.29, 0.717) is 33.0 Å². The van der Waals surface area contributed by atoms with Gasteiger partial charge < -0.3 is 23.7 Å². The summed E-state index contributed by atoms with van der Waals surface area (Å²) in [5.74, 6) is 0. The Labute approximate surface area is 251 Å². The van der Waals surface area contributed by atoms with E-state index in [0.717, 1.165) is 22.3 Å². The second-order valence-corrected chi connectivity index (χ2v) is 12.0. The van der Waals surface area contributed by atoms with Crippen molar-refractivity contribution in [2.24, 2.45) is 0 Å².